The molecule has 0 amide bonds. The monoisotopic (exact) mass is 474 g/mol. The van der Waals surface area contributed by atoms with Gasteiger partial charge in [0.25, 0.3) is 5.89 Å². The molecule has 1 N–H and O–H groups in total. The Labute approximate surface area is 205 Å². The van der Waals surface area contributed by atoms with E-state index in [0.717, 1.165) is 30.3 Å². The van der Waals surface area contributed by atoms with Crippen LogP contribution < -0.4 is 4.74 Å². The maximum atomic E-state index is 11.1. The molecule has 2 aromatic carbocycles. The van der Waals surface area contributed by atoms with Crippen molar-refractivity contribution in [2.45, 2.75) is 45.3 Å². The second-order valence-electron chi connectivity index (χ2n) is 9.14. The van der Waals surface area contributed by atoms with Crippen LogP contribution in [-0.4, -0.2) is 52.7 Å². The quantitative estimate of drug-likeness (QED) is 0.436. The zero-order valence-corrected chi connectivity index (χ0v) is 20.3. The Bertz CT molecular complexity index is 1230. The van der Waals surface area contributed by atoms with Gasteiger partial charge in [0.1, 0.15) is 18.1 Å². The first-order valence-corrected chi connectivity index (χ1v) is 11.9. The fraction of sp³-hybridized carbons (Fsp3) is 0.407. The van der Waals surface area contributed by atoms with Gasteiger partial charge in [0.05, 0.1) is 18.3 Å². The summed E-state index contributed by atoms with van der Waals surface area (Å²) >= 11 is 0. The average Bonchev–Trinajstić information content (AvgIpc) is 3.47. The summed E-state index contributed by atoms with van der Waals surface area (Å²) in [5, 5.41) is 23.3. The van der Waals surface area contributed by atoms with Gasteiger partial charge in [-0.15, -0.1) is 0 Å². The number of aromatic nitrogens is 2. The van der Waals surface area contributed by atoms with Crippen LogP contribution in [-0.2, 0) is 11.2 Å². The molecule has 1 heterocycles. The number of likely N-dealkylation sites (N-methyl/N-ethyl adjacent to an activating group) is 1. The second kappa shape index (κ2) is 10.8. The Balaban J connectivity index is 1.67. The molecule has 0 saturated carbocycles. The molecule has 0 saturated heterocycles. The number of hydrogen-bond donors (Lipinski definition) is 1. The third-order valence-corrected chi connectivity index (χ3v) is 6.40. The van der Waals surface area contributed by atoms with E-state index in [1.54, 1.807) is 18.2 Å². The number of carbonyl (C=O) groups is 1. The molecule has 0 fully saturated rings. The van der Waals surface area contributed by atoms with E-state index < -0.39 is 0 Å². The van der Waals surface area contributed by atoms with Crippen LogP contribution in [0.1, 0.15) is 49.4 Å². The Kier molecular flexibility index (Phi) is 7.59. The number of carbonyl (C=O) groups excluding carboxylic acids is 1. The van der Waals surface area contributed by atoms with Crippen LogP contribution in [0.25, 0.3) is 22.8 Å². The lowest BCUT2D eigenvalue weighted by Crippen LogP contribution is -2.30. The van der Waals surface area contributed by atoms with Crippen molar-refractivity contribution in [1.82, 2.24) is 15.0 Å². The number of aldehydes is 1. The summed E-state index contributed by atoms with van der Waals surface area (Å²) in [5.74, 6) is 1.59. The van der Waals surface area contributed by atoms with Crippen molar-refractivity contribution in [2.24, 2.45) is 5.92 Å². The lowest BCUT2D eigenvalue weighted by Gasteiger charge is -2.29. The number of fused-ring (bicyclic) bond motifs is 1. The van der Waals surface area contributed by atoms with Gasteiger partial charge in [-0.1, -0.05) is 23.4 Å². The van der Waals surface area contributed by atoms with Crippen LogP contribution in [0.2, 0.25) is 0 Å². The van der Waals surface area contributed by atoms with E-state index in [9.17, 15) is 15.2 Å². The van der Waals surface area contributed by atoms with Gasteiger partial charge in [0, 0.05) is 30.1 Å². The van der Waals surface area contributed by atoms with Gasteiger partial charge < -0.3 is 19.2 Å². The highest BCUT2D eigenvalue weighted by atomic mass is 16.5. The molecule has 2 atom stereocenters. The highest BCUT2D eigenvalue weighted by molar-refractivity contribution is 5.67. The lowest BCUT2D eigenvalue weighted by molar-refractivity contribution is -0.108. The molecule has 0 aliphatic heterocycles. The molecule has 1 aliphatic carbocycles. The molecule has 3 aromatic rings. The number of ether oxygens (including phenoxy) is 1. The van der Waals surface area contributed by atoms with Crippen molar-refractivity contribution in [3.63, 3.8) is 0 Å². The van der Waals surface area contributed by atoms with Crippen molar-refractivity contribution in [2.75, 3.05) is 20.2 Å². The molecule has 8 nitrogen and oxygen atoms in total. The Morgan fingerprint density at radius 2 is 2.17 bits per heavy atom. The number of rotatable bonds is 10. The predicted octanol–water partition coefficient (Wildman–Crippen LogP) is 4.18. The molecule has 4 rings (SSSR count). The number of nitriles is 1. The summed E-state index contributed by atoms with van der Waals surface area (Å²) in [5.41, 5.74) is 4.26. The van der Waals surface area contributed by atoms with E-state index in [1.165, 1.54) is 5.56 Å². The molecular formula is C27H30N4O4. The van der Waals surface area contributed by atoms with Crippen molar-refractivity contribution < 1.29 is 19.2 Å². The summed E-state index contributed by atoms with van der Waals surface area (Å²) in [7, 11) is 2.00. The van der Waals surface area contributed by atoms with Crippen molar-refractivity contribution in [3.05, 3.63) is 53.1 Å². The summed E-state index contributed by atoms with van der Waals surface area (Å²) < 4.78 is 11.3. The van der Waals surface area contributed by atoms with Gasteiger partial charge in [-0.2, -0.15) is 10.2 Å². The molecule has 182 valence electrons. The smallest absolute Gasteiger partial charge is 0.258 e. The minimum atomic E-state index is -0.0428. The molecule has 0 bridgehead atoms. The third-order valence-electron chi connectivity index (χ3n) is 6.40. The largest absolute Gasteiger partial charge is 0.490 e. The SMILES string of the molecule is CC(C)Oc1ccc(-c2nc(-c3cccc4c3C[C@@H](CCC=O)[C@H]4N(C)CCO)no2)cc1C#N. The molecule has 1 aliphatic rings. The topological polar surface area (TPSA) is 112 Å². The van der Waals surface area contributed by atoms with E-state index in [2.05, 4.69) is 27.2 Å². The third kappa shape index (κ3) is 5.11. The van der Waals surface area contributed by atoms with Crippen LogP contribution in [0.4, 0.5) is 0 Å². The maximum Gasteiger partial charge on any atom is 0.258 e. The van der Waals surface area contributed by atoms with Crippen molar-refractivity contribution >= 4 is 6.29 Å². The van der Waals surface area contributed by atoms with Crippen LogP contribution >= 0.6 is 0 Å². The molecule has 0 spiro atoms. The first-order chi connectivity index (χ1) is 17.0. The highest BCUT2D eigenvalue weighted by Gasteiger charge is 2.36. The van der Waals surface area contributed by atoms with Crippen LogP contribution in [0, 0.1) is 17.2 Å². The van der Waals surface area contributed by atoms with Gasteiger partial charge in [0.2, 0.25) is 5.82 Å². The van der Waals surface area contributed by atoms with Gasteiger partial charge >= 0.3 is 0 Å². The minimum Gasteiger partial charge on any atom is -0.490 e. The predicted molar refractivity (Wildman–Crippen MR) is 131 cm³/mol. The summed E-state index contributed by atoms with van der Waals surface area (Å²) in [6, 6.07) is 13.6. The van der Waals surface area contributed by atoms with E-state index in [-0.39, 0.29) is 24.7 Å². The minimum absolute atomic E-state index is 0.0428. The molecular weight excluding hydrogens is 444 g/mol. The fourth-order valence-electron chi connectivity index (χ4n) is 4.94. The normalized spacial score (nSPS) is 16.9. The summed E-state index contributed by atoms with van der Waals surface area (Å²) in [4.78, 5) is 17.9. The fourth-order valence-corrected chi connectivity index (χ4v) is 4.94. The number of aliphatic hydroxyl groups is 1. The number of aliphatic hydroxyl groups excluding tert-OH is 1. The lowest BCUT2D eigenvalue weighted by atomic mass is 9.94. The highest BCUT2D eigenvalue weighted by Crippen LogP contribution is 2.45. The molecule has 8 heteroatoms. The van der Waals surface area contributed by atoms with Crippen LogP contribution in [0.5, 0.6) is 5.75 Å². The first kappa shape index (κ1) is 24.6. The Morgan fingerprint density at radius 3 is 2.89 bits per heavy atom. The van der Waals surface area contributed by atoms with E-state index in [0.29, 0.717) is 41.6 Å². The van der Waals surface area contributed by atoms with Gasteiger partial charge in [0.15, 0.2) is 0 Å². The van der Waals surface area contributed by atoms with Crippen molar-refractivity contribution in [3.8, 4) is 34.7 Å². The molecule has 0 unspecified atom stereocenters. The number of benzene rings is 2. The Hall–Kier alpha value is -3.54. The van der Waals surface area contributed by atoms with Gasteiger partial charge in [-0.05, 0) is 69.0 Å². The molecule has 35 heavy (non-hydrogen) atoms. The maximum absolute atomic E-state index is 11.1. The van der Waals surface area contributed by atoms with E-state index in [4.69, 9.17) is 9.26 Å². The molecule has 1 aromatic heterocycles. The van der Waals surface area contributed by atoms with Crippen LogP contribution in [0.3, 0.4) is 0 Å². The van der Waals surface area contributed by atoms with Crippen molar-refractivity contribution in [1.29, 1.82) is 5.26 Å². The summed E-state index contributed by atoms with van der Waals surface area (Å²) in [6.07, 6.45) is 2.99. The average molecular weight is 475 g/mol. The zero-order chi connectivity index (χ0) is 24.9. The van der Waals surface area contributed by atoms with Gasteiger partial charge in [-0.3, -0.25) is 4.90 Å². The number of hydrogen-bond acceptors (Lipinski definition) is 8. The summed E-state index contributed by atoms with van der Waals surface area (Å²) in [6.45, 7) is 4.44. The second-order valence-corrected chi connectivity index (χ2v) is 9.14. The van der Waals surface area contributed by atoms with Gasteiger partial charge in [-0.25, -0.2) is 0 Å². The van der Waals surface area contributed by atoms with E-state index in [1.807, 2.05) is 33.0 Å². The standard InChI is InChI=1S/C27H30N4O4/c1-17(2)34-24-10-9-19(14-20(24)16-28)27-29-26(30-35-27)22-8-4-7-21-23(22)15-18(6-5-12-32)25(21)31(3)11-13-33/h4,7-10,12,14,17-18,25,33H,5-6,11,13,15H2,1-3H3/t18-,25-/m1/s1. The Morgan fingerprint density at radius 1 is 1.34 bits per heavy atom. The van der Waals surface area contributed by atoms with E-state index >= 15 is 0 Å². The van der Waals surface area contributed by atoms with Crippen LogP contribution in [0.15, 0.2) is 40.9 Å². The zero-order valence-electron chi connectivity index (χ0n) is 20.3. The first-order valence-electron chi connectivity index (χ1n) is 11.9. The molecule has 0 radical (unpaired) electrons. The number of nitrogens with zero attached hydrogens (tertiary/aromatic N) is 4.